The fourth-order valence-corrected chi connectivity index (χ4v) is 2.08. The van der Waals surface area contributed by atoms with Crippen LogP contribution in [-0.4, -0.2) is 18.2 Å². The Kier molecular flexibility index (Phi) is 18.0. The van der Waals surface area contributed by atoms with Crippen molar-refractivity contribution in [3.05, 3.63) is 0 Å². The van der Waals surface area contributed by atoms with Gasteiger partial charge < -0.3 is 0 Å². The second kappa shape index (κ2) is 15.1. The lowest BCUT2D eigenvalue weighted by molar-refractivity contribution is 0.191. The normalized spacial score (nSPS) is 18.5. The molecule has 0 heterocycles. The maximum absolute atomic E-state index is 8.35. The average Bonchev–Trinajstić information content (AvgIpc) is 2.18. The molecular formula is C12H21N3O3. The molecule has 0 aromatic rings. The van der Waals surface area contributed by atoms with Gasteiger partial charge in [-0.2, -0.15) is 0 Å². The van der Waals surface area contributed by atoms with Gasteiger partial charge >= 0.3 is 0 Å². The van der Waals surface area contributed by atoms with Crippen LogP contribution in [0.1, 0.15) is 46.5 Å². The van der Waals surface area contributed by atoms with Crippen molar-refractivity contribution < 1.29 is 14.4 Å². The fourth-order valence-electron chi connectivity index (χ4n) is 2.08. The van der Waals surface area contributed by atoms with Crippen LogP contribution in [0.15, 0.2) is 0 Å². The summed E-state index contributed by atoms with van der Waals surface area (Å²) in [6.07, 6.45) is 8.04. The highest BCUT2D eigenvalue weighted by Crippen LogP contribution is 2.37. The fraction of sp³-hybridized carbons (Fsp3) is 0.750. The van der Waals surface area contributed by atoms with Gasteiger partial charge in [-0.3, -0.25) is 0 Å². The predicted molar refractivity (Wildman–Crippen MR) is 66.7 cm³/mol. The molecule has 1 unspecified atom stereocenters. The highest BCUT2D eigenvalue weighted by atomic mass is 16.1. The Balaban J connectivity index is -0.000000210. The summed E-state index contributed by atoms with van der Waals surface area (Å²) in [5.74, 6) is 0.980. The predicted octanol–water partition coefficient (Wildman–Crippen LogP) is 2.93. The lowest BCUT2D eigenvalue weighted by Crippen LogP contribution is -2.20. The monoisotopic (exact) mass is 255 g/mol. The van der Waals surface area contributed by atoms with Crippen LogP contribution < -0.4 is 0 Å². The van der Waals surface area contributed by atoms with E-state index in [1.54, 1.807) is 0 Å². The molecule has 0 amide bonds. The molecule has 0 aliphatic heterocycles. The highest BCUT2D eigenvalue weighted by Gasteiger charge is 2.24. The van der Waals surface area contributed by atoms with E-state index in [1.807, 2.05) is 0 Å². The van der Waals surface area contributed by atoms with Crippen molar-refractivity contribution in [3.63, 3.8) is 0 Å². The summed E-state index contributed by atoms with van der Waals surface area (Å²) >= 11 is 0. The Morgan fingerprint density at radius 2 is 1.33 bits per heavy atom. The Bertz CT molecular complexity index is 267. The SMILES string of the molecule is CC1CCCC(C)(C)C1.N=C=O.N=C=O.N=C=O. The zero-order chi connectivity index (χ0) is 15.0. The van der Waals surface area contributed by atoms with E-state index in [9.17, 15) is 0 Å². The van der Waals surface area contributed by atoms with Crippen LogP contribution in [0.25, 0.3) is 0 Å². The van der Waals surface area contributed by atoms with Gasteiger partial charge in [0.25, 0.3) is 0 Å². The maximum atomic E-state index is 8.35. The van der Waals surface area contributed by atoms with Gasteiger partial charge in [0.1, 0.15) is 0 Å². The largest absolute Gasteiger partial charge is 0.231 e. The van der Waals surface area contributed by atoms with Crippen molar-refractivity contribution in [3.8, 4) is 0 Å². The molecule has 1 atom stereocenters. The Labute approximate surface area is 107 Å². The number of nitrogens with one attached hydrogen (secondary N) is 3. The quantitative estimate of drug-likeness (QED) is 0.455. The smallest absolute Gasteiger partial charge is 0.222 e. The summed E-state index contributed by atoms with van der Waals surface area (Å²) in [6, 6.07) is 0. The van der Waals surface area contributed by atoms with E-state index < -0.39 is 0 Å². The van der Waals surface area contributed by atoms with Gasteiger partial charge in [-0.15, -0.1) is 0 Å². The third kappa shape index (κ3) is 23.7. The van der Waals surface area contributed by atoms with Gasteiger partial charge in [0.15, 0.2) is 0 Å². The van der Waals surface area contributed by atoms with Crippen molar-refractivity contribution in [2.24, 2.45) is 11.3 Å². The summed E-state index contributed by atoms with van der Waals surface area (Å²) in [4.78, 5) is 25.0. The number of isocyanates is 3. The molecule has 1 saturated carbocycles. The van der Waals surface area contributed by atoms with Gasteiger partial charge in [-0.1, -0.05) is 33.6 Å². The van der Waals surface area contributed by atoms with Gasteiger partial charge in [0, 0.05) is 0 Å². The van der Waals surface area contributed by atoms with Gasteiger partial charge in [0.05, 0.1) is 0 Å². The van der Waals surface area contributed by atoms with Crippen LogP contribution >= 0.6 is 0 Å². The summed E-state index contributed by atoms with van der Waals surface area (Å²) in [6.45, 7) is 7.16. The highest BCUT2D eigenvalue weighted by molar-refractivity contribution is 5.26. The Morgan fingerprint density at radius 3 is 1.50 bits per heavy atom. The van der Waals surface area contributed by atoms with Gasteiger partial charge in [-0.25, -0.2) is 30.6 Å². The average molecular weight is 255 g/mol. The van der Waals surface area contributed by atoms with Crippen molar-refractivity contribution in [2.45, 2.75) is 46.5 Å². The third-order valence-electron chi connectivity index (χ3n) is 2.45. The van der Waals surface area contributed by atoms with E-state index in [2.05, 4.69) is 20.8 Å². The lowest BCUT2D eigenvalue weighted by Gasteiger charge is -2.33. The molecule has 0 spiro atoms. The van der Waals surface area contributed by atoms with Gasteiger partial charge in [-0.05, 0) is 24.2 Å². The van der Waals surface area contributed by atoms with E-state index in [1.165, 1.54) is 25.7 Å². The second-order valence-electron chi connectivity index (χ2n) is 4.67. The summed E-state index contributed by atoms with van der Waals surface area (Å²) in [5, 5.41) is 16.2. The van der Waals surface area contributed by atoms with Gasteiger partial charge in [0.2, 0.25) is 18.2 Å². The number of hydrogen-bond acceptors (Lipinski definition) is 6. The minimum absolute atomic E-state index is 0.650. The van der Waals surface area contributed by atoms with E-state index in [0.717, 1.165) is 24.2 Å². The Hall–Kier alpha value is -1.86. The molecule has 1 rings (SSSR count). The minimum atomic E-state index is 0.650. The van der Waals surface area contributed by atoms with E-state index in [0.29, 0.717) is 5.41 Å². The zero-order valence-electron chi connectivity index (χ0n) is 11.1. The van der Waals surface area contributed by atoms with Crippen LogP contribution in [0.2, 0.25) is 0 Å². The molecular weight excluding hydrogens is 234 g/mol. The van der Waals surface area contributed by atoms with E-state index in [-0.39, 0.29) is 0 Å². The molecule has 3 N–H and O–H groups in total. The number of carbonyl (C=O) groups excluding carboxylic acids is 3. The van der Waals surface area contributed by atoms with Crippen molar-refractivity contribution >= 4 is 18.2 Å². The van der Waals surface area contributed by atoms with E-state index >= 15 is 0 Å². The summed E-state index contributed by atoms with van der Waals surface area (Å²) in [5.41, 5.74) is 0.650. The molecule has 0 radical (unpaired) electrons. The number of hydrogen-bond donors (Lipinski definition) is 3. The van der Waals surface area contributed by atoms with Crippen LogP contribution in [0.5, 0.6) is 0 Å². The van der Waals surface area contributed by atoms with Crippen LogP contribution in [0, 0.1) is 27.6 Å². The molecule has 0 bridgehead atoms. The van der Waals surface area contributed by atoms with Crippen molar-refractivity contribution in [2.75, 3.05) is 0 Å². The second-order valence-corrected chi connectivity index (χ2v) is 4.67. The Morgan fingerprint density at radius 1 is 1.00 bits per heavy atom. The maximum Gasteiger partial charge on any atom is 0.231 e. The molecule has 0 aromatic carbocycles. The first kappa shape index (κ1) is 21.4. The molecule has 18 heavy (non-hydrogen) atoms. The van der Waals surface area contributed by atoms with E-state index in [4.69, 9.17) is 30.6 Å². The molecule has 1 aliphatic carbocycles. The first-order valence-electron chi connectivity index (χ1n) is 5.46. The lowest BCUT2D eigenvalue weighted by atomic mass is 9.73. The molecule has 1 fully saturated rings. The molecule has 0 aromatic heterocycles. The molecule has 102 valence electrons. The molecule has 6 nitrogen and oxygen atoms in total. The number of rotatable bonds is 0. The minimum Gasteiger partial charge on any atom is -0.222 e. The molecule has 6 heteroatoms. The zero-order valence-corrected chi connectivity index (χ0v) is 11.1. The summed E-state index contributed by atoms with van der Waals surface area (Å²) in [7, 11) is 0. The first-order valence-corrected chi connectivity index (χ1v) is 5.46. The van der Waals surface area contributed by atoms with Crippen LogP contribution in [0.4, 0.5) is 0 Å². The van der Waals surface area contributed by atoms with Crippen molar-refractivity contribution in [1.29, 1.82) is 16.2 Å². The first-order chi connectivity index (χ1) is 8.34. The van der Waals surface area contributed by atoms with Crippen LogP contribution in [0.3, 0.4) is 0 Å². The molecule has 1 aliphatic rings. The molecule has 0 saturated heterocycles. The van der Waals surface area contributed by atoms with Crippen LogP contribution in [-0.2, 0) is 14.4 Å². The van der Waals surface area contributed by atoms with Crippen molar-refractivity contribution in [1.82, 2.24) is 0 Å². The summed E-state index contributed by atoms with van der Waals surface area (Å²) < 4.78 is 0. The standard InChI is InChI=1S/C9H18.3CHNO/c1-8-5-4-6-9(2,3)7-8;3*2-1-3/h8H,4-7H2,1-3H3;3*2H. The topological polar surface area (TPSA) is 123 Å². The third-order valence-corrected chi connectivity index (χ3v) is 2.45.